The highest BCUT2D eigenvalue weighted by atomic mass is 16.5. The molecular weight excluding hydrogens is 354 g/mol. The zero-order valence-electron chi connectivity index (χ0n) is 16.7. The summed E-state index contributed by atoms with van der Waals surface area (Å²) in [6.45, 7) is 4.70. The maximum absolute atomic E-state index is 12.2. The summed E-state index contributed by atoms with van der Waals surface area (Å²) in [5.74, 6) is 1.80. The summed E-state index contributed by atoms with van der Waals surface area (Å²) >= 11 is 0. The normalized spacial score (nSPS) is 14.6. The maximum Gasteiger partial charge on any atom is 0.234 e. The van der Waals surface area contributed by atoms with E-state index in [9.17, 15) is 4.79 Å². The number of hydrogen-bond acceptors (Lipinski definition) is 5. The molecular formula is C22H29N3O3. The number of piperazine rings is 1. The average molecular weight is 383 g/mol. The molecule has 150 valence electrons. The lowest BCUT2D eigenvalue weighted by molar-refractivity contribution is -0.122. The Balaban J connectivity index is 1.37. The first-order valence-corrected chi connectivity index (χ1v) is 9.69. The monoisotopic (exact) mass is 383 g/mol. The van der Waals surface area contributed by atoms with Crippen LogP contribution in [-0.4, -0.2) is 64.3 Å². The number of carbonyl (C=O) groups excluding carboxylic acids is 1. The lowest BCUT2D eigenvalue weighted by atomic mass is 10.1. The van der Waals surface area contributed by atoms with Gasteiger partial charge in [0.15, 0.2) is 0 Å². The van der Waals surface area contributed by atoms with Gasteiger partial charge in [0.1, 0.15) is 11.5 Å². The van der Waals surface area contributed by atoms with Crippen molar-refractivity contribution >= 4 is 11.6 Å². The molecule has 0 aromatic heterocycles. The number of anilines is 1. The molecule has 28 heavy (non-hydrogen) atoms. The molecule has 0 atom stereocenters. The fraction of sp³-hybridized carbons (Fsp3) is 0.409. The average Bonchev–Trinajstić information content (AvgIpc) is 2.74. The van der Waals surface area contributed by atoms with Crippen LogP contribution in [-0.2, 0) is 11.2 Å². The third kappa shape index (κ3) is 5.63. The third-order valence-electron chi connectivity index (χ3n) is 5.05. The van der Waals surface area contributed by atoms with Crippen molar-refractivity contribution in [2.75, 3.05) is 58.4 Å². The van der Waals surface area contributed by atoms with Crippen LogP contribution in [0.3, 0.4) is 0 Å². The fourth-order valence-electron chi connectivity index (χ4n) is 3.39. The lowest BCUT2D eigenvalue weighted by Crippen LogP contribution is -2.49. The summed E-state index contributed by atoms with van der Waals surface area (Å²) in [6.07, 6.45) is 0.800. The zero-order valence-corrected chi connectivity index (χ0v) is 16.7. The molecule has 1 fully saturated rings. The highest BCUT2D eigenvalue weighted by Gasteiger charge is 2.19. The van der Waals surface area contributed by atoms with E-state index in [2.05, 4.69) is 27.2 Å². The van der Waals surface area contributed by atoms with Crippen LogP contribution in [0, 0.1) is 0 Å². The van der Waals surface area contributed by atoms with Crippen LogP contribution in [0.15, 0.2) is 48.5 Å². The number of hydrogen-bond donors (Lipinski definition) is 1. The minimum Gasteiger partial charge on any atom is -0.497 e. The Hall–Kier alpha value is -2.73. The van der Waals surface area contributed by atoms with Crippen molar-refractivity contribution in [3.8, 4) is 11.5 Å². The number of amides is 1. The van der Waals surface area contributed by atoms with Crippen molar-refractivity contribution in [1.29, 1.82) is 0 Å². The number of nitrogens with one attached hydrogen (secondary N) is 1. The van der Waals surface area contributed by atoms with Crippen LogP contribution in [0.5, 0.6) is 11.5 Å². The van der Waals surface area contributed by atoms with Crippen molar-refractivity contribution in [2.45, 2.75) is 6.42 Å². The standard InChI is InChI=1S/C22H29N3O3/c1-27-20-8-6-19(7-9-20)25-14-12-24(13-15-25)17-22(26)23-11-10-18-4-3-5-21(16-18)28-2/h3-9,16H,10-15,17H2,1-2H3,(H,23,26). The van der Waals surface area contributed by atoms with Gasteiger partial charge in [0.25, 0.3) is 0 Å². The molecule has 1 heterocycles. The van der Waals surface area contributed by atoms with E-state index in [1.807, 2.05) is 36.4 Å². The van der Waals surface area contributed by atoms with E-state index in [0.29, 0.717) is 13.1 Å². The van der Waals surface area contributed by atoms with Crippen molar-refractivity contribution in [1.82, 2.24) is 10.2 Å². The highest BCUT2D eigenvalue weighted by Crippen LogP contribution is 2.20. The topological polar surface area (TPSA) is 54.0 Å². The number of nitrogens with zero attached hydrogens (tertiary/aromatic N) is 2. The maximum atomic E-state index is 12.2. The van der Waals surface area contributed by atoms with Gasteiger partial charge < -0.3 is 19.7 Å². The van der Waals surface area contributed by atoms with Crippen LogP contribution in [0.4, 0.5) is 5.69 Å². The van der Waals surface area contributed by atoms with Crippen molar-refractivity contribution in [2.24, 2.45) is 0 Å². The number of methoxy groups -OCH3 is 2. The molecule has 2 aromatic carbocycles. The van der Waals surface area contributed by atoms with E-state index >= 15 is 0 Å². The molecule has 1 N–H and O–H groups in total. The highest BCUT2D eigenvalue weighted by molar-refractivity contribution is 5.78. The van der Waals surface area contributed by atoms with E-state index in [4.69, 9.17) is 9.47 Å². The third-order valence-corrected chi connectivity index (χ3v) is 5.05. The summed E-state index contributed by atoms with van der Waals surface area (Å²) in [4.78, 5) is 16.8. The molecule has 0 aliphatic carbocycles. The predicted molar refractivity (Wildman–Crippen MR) is 111 cm³/mol. The second kappa shape index (κ2) is 9.99. The predicted octanol–water partition coefficient (Wildman–Crippen LogP) is 2.18. The quantitative estimate of drug-likeness (QED) is 0.757. The number of benzene rings is 2. The van der Waals surface area contributed by atoms with Crippen LogP contribution >= 0.6 is 0 Å². The van der Waals surface area contributed by atoms with Gasteiger partial charge >= 0.3 is 0 Å². The van der Waals surface area contributed by atoms with Gasteiger partial charge in [-0.2, -0.15) is 0 Å². The SMILES string of the molecule is COc1ccc(N2CCN(CC(=O)NCCc3cccc(OC)c3)CC2)cc1. The zero-order chi connectivity index (χ0) is 19.8. The Kier molecular flexibility index (Phi) is 7.14. The minimum absolute atomic E-state index is 0.0841. The first kappa shape index (κ1) is 20.0. The Morgan fingerprint density at radius 3 is 2.36 bits per heavy atom. The molecule has 0 saturated carbocycles. The number of rotatable bonds is 8. The molecule has 1 saturated heterocycles. The summed E-state index contributed by atoms with van der Waals surface area (Å²) in [5.41, 5.74) is 2.36. The first-order valence-electron chi connectivity index (χ1n) is 9.69. The molecule has 6 heteroatoms. The largest absolute Gasteiger partial charge is 0.497 e. The van der Waals surface area contributed by atoms with Gasteiger partial charge in [-0.05, 0) is 48.4 Å². The van der Waals surface area contributed by atoms with Gasteiger partial charge in [-0.15, -0.1) is 0 Å². The second-order valence-electron chi connectivity index (χ2n) is 6.91. The molecule has 1 aliphatic heterocycles. The van der Waals surface area contributed by atoms with Crippen LogP contribution in [0.25, 0.3) is 0 Å². The minimum atomic E-state index is 0.0841. The Morgan fingerprint density at radius 1 is 0.964 bits per heavy atom. The van der Waals surface area contributed by atoms with E-state index < -0.39 is 0 Å². The molecule has 0 unspecified atom stereocenters. The molecule has 1 amide bonds. The summed E-state index contributed by atoms with van der Waals surface area (Å²) in [6, 6.07) is 16.1. The fourth-order valence-corrected chi connectivity index (χ4v) is 3.39. The lowest BCUT2D eigenvalue weighted by Gasteiger charge is -2.35. The van der Waals surface area contributed by atoms with Gasteiger partial charge in [-0.1, -0.05) is 12.1 Å². The van der Waals surface area contributed by atoms with Gasteiger partial charge in [0.05, 0.1) is 20.8 Å². The summed E-state index contributed by atoms with van der Waals surface area (Å²) in [5, 5.41) is 3.02. The van der Waals surface area contributed by atoms with Crippen molar-refractivity contribution in [3.63, 3.8) is 0 Å². The molecule has 0 radical (unpaired) electrons. The van der Waals surface area contributed by atoms with Gasteiger partial charge in [-0.3, -0.25) is 9.69 Å². The molecule has 3 rings (SSSR count). The Bertz CT molecular complexity index is 756. The molecule has 2 aromatic rings. The Labute approximate surface area is 167 Å². The van der Waals surface area contributed by atoms with Crippen LogP contribution in [0.2, 0.25) is 0 Å². The second-order valence-corrected chi connectivity index (χ2v) is 6.91. The number of carbonyl (C=O) groups is 1. The van der Waals surface area contributed by atoms with E-state index in [0.717, 1.165) is 49.7 Å². The van der Waals surface area contributed by atoms with E-state index in [-0.39, 0.29) is 5.91 Å². The smallest absolute Gasteiger partial charge is 0.234 e. The summed E-state index contributed by atoms with van der Waals surface area (Å²) in [7, 11) is 3.34. The number of ether oxygens (including phenoxy) is 2. The van der Waals surface area contributed by atoms with Crippen LogP contribution in [0.1, 0.15) is 5.56 Å². The van der Waals surface area contributed by atoms with Crippen molar-refractivity contribution in [3.05, 3.63) is 54.1 Å². The summed E-state index contributed by atoms with van der Waals surface area (Å²) < 4.78 is 10.4. The van der Waals surface area contributed by atoms with Gasteiger partial charge in [-0.25, -0.2) is 0 Å². The van der Waals surface area contributed by atoms with Gasteiger partial charge in [0.2, 0.25) is 5.91 Å². The first-order chi connectivity index (χ1) is 13.7. The van der Waals surface area contributed by atoms with Crippen LogP contribution < -0.4 is 19.7 Å². The van der Waals surface area contributed by atoms with E-state index in [1.54, 1.807) is 14.2 Å². The molecule has 0 spiro atoms. The Morgan fingerprint density at radius 2 is 1.68 bits per heavy atom. The molecule has 1 aliphatic rings. The van der Waals surface area contributed by atoms with Crippen molar-refractivity contribution < 1.29 is 14.3 Å². The van der Waals surface area contributed by atoms with E-state index in [1.165, 1.54) is 5.69 Å². The molecule has 6 nitrogen and oxygen atoms in total. The van der Waals surface area contributed by atoms with Gasteiger partial charge in [0, 0.05) is 38.4 Å². The molecule has 0 bridgehead atoms.